The molecule has 0 aliphatic carbocycles. The number of hydrogen-bond donors (Lipinski definition) is 2. The quantitative estimate of drug-likeness (QED) is 0.656. The van der Waals surface area contributed by atoms with Crippen LogP contribution in [0.25, 0.3) is 5.69 Å². The molecule has 2 N–H and O–H groups in total. The fourth-order valence-corrected chi connectivity index (χ4v) is 2.35. The summed E-state index contributed by atoms with van der Waals surface area (Å²) >= 11 is 0. The molecule has 0 atom stereocenters. The lowest BCUT2D eigenvalue weighted by Crippen LogP contribution is -2.24. The van der Waals surface area contributed by atoms with Gasteiger partial charge in [0, 0.05) is 12.1 Å². The van der Waals surface area contributed by atoms with Gasteiger partial charge in [-0.1, -0.05) is 32.0 Å². The first-order valence-electron chi connectivity index (χ1n) is 7.60. The van der Waals surface area contributed by atoms with E-state index in [-0.39, 0.29) is 17.4 Å². The summed E-state index contributed by atoms with van der Waals surface area (Å²) in [6.45, 7) is 7.45. The second-order valence-corrected chi connectivity index (χ2v) is 5.92. The maximum absolute atomic E-state index is 12.6. The molecule has 0 aliphatic rings. The van der Waals surface area contributed by atoms with Gasteiger partial charge in [-0.25, -0.2) is 10.1 Å². The number of hydrazone groups is 1. The molecule has 0 fully saturated rings. The van der Waals surface area contributed by atoms with Gasteiger partial charge in [-0.05, 0) is 31.9 Å². The fourth-order valence-electron chi connectivity index (χ4n) is 2.35. The molecule has 2 aromatic rings. The molecule has 1 heterocycles. The number of carbonyl (C=O) groups excluding carboxylic acids is 1. The van der Waals surface area contributed by atoms with E-state index in [1.807, 2.05) is 51.1 Å². The summed E-state index contributed by atoms with van der Waals surface area (Å²) in [6.07, 6.45) is 0.400. The van der Waals surface area contributed by atoms with Gasteiger partial charge in [0.05, 0.1) is 17.0 Å². The van der Waals surface area contributed by atoms with Crippen molar-refractivity contribution >= 4 is 11.6 Å². The van der Waals surface area contributed by atoms with Crippen molar-refractivity contribution in [2.45, 2.75) is 34.1 Å². The van der Waals surface area contributed by atoms with E-state index in [1.165, 1.54) is 4.68 Å². The SMILES string of the molecule is CC(=NNC(=O)CC(C)C)c1c(C)[nH]n(-c2ccccc2)c1=O. The highest BCUT2D eigenvalue weighted by Crippen LogP contribution is 2.07. The van der Waals surface area contributed by atoms with Gasteiger partial charge in [-0.3, -0.25) is 14.7 Å². The number of aromatic amines is 1. The number of benzene rings is 1. The van der Waals surface area contributed by atoms with Crippen LogP contribution in [0.4, 0.5) is 0 Å². The van der Waals surface area contributed by atoms with Gasteiger partial charge >= 0.3 is 0 Å². The van der Waals surface area contributed by atoms with Gasteiger partial charge in [0.25, 0.3) is 5.56 Å². The number of amides is 1. The van der Waals surface area contributed by atoms with Crippen molar-refractivity contribution in [3.63, 3.8) is 0 Å². The van der Waals surface area contributed by atoms with Gasteiger partial charge in [0.15, 0.2) is 0 Å². The summed E-state index contributed by atoms with van der Waals surface area (Å²) in [5, 5.41) is 7.10. The molecule has 0 unspecified atom stereocenters. The average Bonchev–Trinajstić information content (AvgIpc) is 2.80. The Morgan fingerprint density at radius 3 is 2.57 bits per heavy atom. The van der Waals surface area contributed by atoms with E-state index in [9.17, 15) is 9.59 Å². The van der Waals surface area contributed by atoms with Gasteiger partial charge in [-0.15, -0.1) is 0 Å². The molecular weight excluding hydrogens is 292 g/mol. The summed E-state index contributed by atoms with van der Waals surface area (Å²) in [4.78, 5) is 24.3. The Morgan fingerprint density at radius 2 is 1.96 bits per heavy atom. The number of H-pyrrole nitrogens is 1. The molecule has 6 nitrogen and oxygen atoms in total. The number of nitrogens with zero attached hydrogens (tertiary/aromatic N) is 2. The number of aryl methyl sites for hydroxylation is 1. The number of carbonyl (C=O) groups is 1. The average molecular weight is 314 g/mol. The van der Waals surface area contributed by atoms with Gasteiger partial charge in [0.1, 0.15) is 0 Å². The van der Waals surface area contributed by atoms with Crippen molar-refractivity contribution in [3.8, 4) is 5.69 Å². The smallest absolute Gasteiger partial charge is 0.280 e. The molecular formula is C17H22N4O2. The Labute approximate surface area is 135 Å². The van der Waals surface area contributed by atoms with Crippen LogP contribution in [0.1, 0.15) is 38.4 Å². The Bertz CT molecular complexity index is 770. The lowest BCUT2D eigenvalue weighted by atomic mass is 10.1. The summed E-state index contributed by atoms with van der Waals surface area (Å²) < 4.78 is 1.47. The monoisotopic (exact) mass is 314 g/mol. The molecule has 122 valence electrons. The summed E-state index contributed by atoms with van der Waals surface area (Å²) in [5.74, 6) is 0.103. The van der Waals surface area contributed by atoms with Crippen LogP contribution in [0.2, 0.25) is 0 Å². The predicted octanol–water partition coefficient (Wildman–Crippen LogP) is 2.36. The minimum Gasteiger partial charge on any atom is -0.295 e. The van der Waals surface area contributed by atoms with E-state index in [0.29, 0.717) is 23.4 Å². The molecule has 1 amide bonds. The number of aromatic nitrogens is 2. The standard InChI is InChI=1S/C17H22N4O2/c1-11(2)10-15(22)19-18-12(3)16-13(4)20-21(17(16)23)14-8-6-5-7-9-14/h5-9,11,20H,10H2,1-4H3,(H,19,22). The topological polar surface area (TPSA) is 79.2 Å². The highest BCUT2D eigenvalue weighted by Gasteiger charge is 2.15. The van der Waals surface area contributed by atoms with Crippen LogP contribution >= 0.6 is 0 Å². The number of hydrogen-bond acceptors (Lipinski definition) is 3. The Morgan fingerprint density at radius 1 is 1.30 bits per heavy atom. The van der Waals surface area contributed by atoms with Crippen LogP contribution in [0.3, 0.4) is 0 Å². The molecule has 0 aliphatic heterocycles. The maximum Gasteiger partial charge on any atom is 0.280 e. The summed E-state index contributed by atoms with van der Waals surface area (Å²) in [7, 11) is 0. The fraction of sp³-hybridized carbons (Fsp3) is 0.353. The Kier molecular flexibility index (Phi) is 5.16. The number of rotatable bonds is 5. The first-order valence-corrected chi connectivity index (χ1v) is 7.60. The molecule has 0 saturated carbocycles. The van der Waals surface area contributed by atoms with Crippen LogP contribution in [-0.2, 0) is 4.79 Å². The molecule has 0 radical (unpaired) electrons. The highest BCUT2D eigenvalue weighted by atomic mass is 16.2. The third kappa shape index (κ3) is 3.97. The number of para-hydroxylation sites is 1. The zero-order valence-corrected chi connectivity index (χ0v) is 13.9. The zero-order chi connectivity index (χ0) is 17.0. The minimum absolute atomic E-state index is 0.157. The van der Waals surface area contributed by atoms with E-state index < -0.39 is 0 Å². The lowest BCUT2D eigenvalue weighted by molar-refractivity contribution is -0.121. The van der Waals surface area contributed by atoms with Crippen molar-refractivity contribution in [1.29, 1.82) is 0 Å². The third-order valence-electron chi connectivity index (χ3n) is 3.39. The van der Waals surface area contributed by atoms with Crippen molar-refractivity contribution < 1.29 is 4.79 Å². The van der Waals surface area contributed by atoms with Gasteiger partial charge < -0.3 is 0 Å². The number of nitrogens with one attached hydrogen (secondary N) is 2. The van der Waals surface area contributed by atoms with E-state index in [2.05, 4.69) is 15.6 Å². The van der Waals surface area contributed by atoms with Gasteiger partial charge in [0.2, 0.25) is 5.91 Å². The molecule has 1 aromatic carbocycles. The summed E-state index contributed by atoms with van der Waals surface area (Å²) in [6, 6.07) is 9.31. The van der Waals surface area contributed by atoms with Crippen LogP contribution in [0, 0.1) is 12.8 Å². The molecule has 2 rings (SSSR count). The van der Waals surface area contributed by atoms with Crippen LogP contribution in [-0.4, -0.2) is 21.4 Å². The third-order valence-corrected chi connectivity index (χ3v) is 3.39. The first kappa shape index (κ1) is 16.7. The normalized spacial score (nSPS) is 11.8. The Hall–Kier alpha value is -2.63. The van der Waals surface area contributed by atoms with Crippen molar-refractivity contribution in [3.05, 3.63) is 51.9 Å². The molecule has 1 aromatic heterocycles. The van der Waals surface area contributed by atoms with Crippen molar-refractivity contribution in [1.82, 2.24) is 15.2 Å². The van der Waals surface area contributed by atoms with E-state index in [1.54, 1.807) is 6.92 Å². The second kappa shape index (κ2) is 7.09. The van der Waals surface area contributed by atoms with Crippen LogP contribution in [0.15, 0.2) is 40.2 Å². The summed E-state index contributed by atoms with van der Waals surface area (Å²) in [5.41, 5.74) is 4.73. The van der Waals surface area contributed by atoms with Crippen molar-refractivity contribution in [2.75, 3.05) is 0 Å². The van der Waals surface area contributed by atoms with Crippen LogP contribution < -0.4 is 11.0 Å². The van der Waals surface area contributed by atoms with Gasteiger partial charge in [-0.2, -0.15) is 5.10 Å². The van der Waals surface area contributed by atoms with Crippen molar-refractivity contribution in [2.24, 2.45) is 11.0 Å². The molecule has 6 heteroatoms. The second-order valence-electron chi connectivity index (χ2n) is 5.92. The Balaban J connectivity index is 2.28. The maximum atomic E-state index is 12.6. The predicted molar refractivity (Wildman–Crippen MR) is 90.9 cm³/mol. The van der Waals surface area contributed by atoms with E-state index in [0.717, 1.165) is 5.69 Å². The molecule has 0 spiro atoms. The zero-order valence-electron chi connectivity index (χ0n) is 13.9. The van der Waals surface area contributed by atoms with E-state index >= 15 is 0 Å². The molecule has 0 bridgehead atoms. The molecule has 0 saturated heterocycles. The minimum atomic E-state index is -0.187. The highest BCUT2D eigenvalue weighted by molar-refractivity contribution is 6.00. The first-order chi connectivity index (χ1) is 10.9. The molecule has 23 heavy (non-hydrogen) atoms. The largest absolute Gasteiger partial charge is 0.295 e. The van der Waals surface area contributed by atoms with E-state index in [4.69, 9.17) is 0 Å². The lowest BCUT2D eigenvalue weighted by Gasteiger charge is -2.03. The van der Waals surface area contributed by atoms with Crippen LogP contribution in [0.5, 0.6) is 0 Å².